The third-order valence-electron chi connectivity index (χ3n) is 4.21. The van der Waals surface area contributed by atoms with E-state index in [-0.39, 0.29) is 24.8 Å². The van der Waals surface area contributed by atoms with Crippen LogP contribution in [0.2, 0.25) is 0 Å². The second kappa shape index (κ2) is 8.04. The third kappa shape index (κ3) is 4.52. The average Bonchev–Trinajstić information content (AvgIpc) is 2.56. The first kappa shape index (κ1) is 18.8. The molecule has 2 rings (SSSR count). The van der Waals surface area contributed by atoms with Gasteiger partial charge in [-0.3, -0.25) is 14.4 Å². The van der Waals surface area contributed by atoms with Crippen LogP contribution in [-0.2, 0) is 14.4 Å². The lowest BCUT2D eigenvalue weighted by Crippen LogP contribution is -2.50. The summed E-state index contributed by atoms with van der Waals surface area (Å²) in [7, 11) is 0. The van der Waals surface area contributed by atoms with Gasteiger partial charge in [0.15, 0.2) is 0 Å². The van der Waals surface area contributed by atoms with Gasteiger partial charge < -0.3 is 14.7 Å². The molecular weight excluding hydrogens is 332 g/mol. The Kier molecular flexibility index (Phi) is 6.06. The summed E-state index contributed by atoms with van der Waals surface area (Å²) in [6, 6.07) is 3.35. The summed E-state index contributed by atoms with van der Waals surface area (Å²) >= 11 is 0. The Morgan fingerprint density at radius 2 is 1.52 bits per heavy atom. The first-order valence-electron chi connectivity index (χ1n) is 8.06. The van der Waals surface area contributed by atoms with Crippen molar-refractivity contribution in [2.45, 2.75) is 20.3 Å². The number of carbonyl (C=O) groups excluding carboxylic acids is 3. The lowest BCUT2D eigenvalue weighted by Gasteiger charge is -2.34. The van der Waals surface area contributed by atoms with Gasteiger partial charge in [0.1, 0.15) is 17.3 Å². The summed E-state index contributed by atoms with van der Waals surface area (Å²) in [5.41, 5.74) is -0.441. The van der Waals surface area contributed by atoms with Gasteiger partial charge in [0.2, 0.25) is 17.7 Å². The molecule has 0 aliphatic carbocycles. The highest BCUT2D eigenvalue weighted by molar-refractivity contribution is 5.92. The molecule has 0 unspecified atom stereocenters. The first-order chi connectivity index (χ1) is 11.8. The van der Waals surface area contributed by atoms with Crippen LogP contribution in [-0.4, -0.2) is 60.2 Å². The van der Waals surface area contributed by atoms with Crippen molar-refractivity contribution in [3.8, 4) is 0 Å². The Bertz CT molecular complexity index is 653. The zero-order valence-corrected chi connectivity index (χ0v) is 14.3. The van der Waals surface area contributed by atoms with Gasteiger partial charge in [-0.25, -0.2) is 8.78 Å². The van der Waals surface area contributed by atoms with E-state index in [4.69, 9.17) is 0 Å². The Balaban J connectivity index is 1.99. The highest BCUT2D eigenvalue weighted by Crippen LogP contribution is 2.23. The number of carbonyl (C=O) groups is 3. The summed E-state index contributed by atoms with van der Waals surface area (Å²) in [5, 5.41) is 0. The van der Waals surface area contributed by atoms with Crippen LogP contribution < -0.4 is 4.90 Å². The Labute approximate surface area is 145 Å². The number of benzene rings is 1. The molecule has 1 aromatic rings. The molecule has 1 aliphatic rings. The van der Waals surface area contributed by atoms with Crippen LogP contribution in [0.15, 0.2) is 18.2 Å². The normalized spacial score (nSPS) is 14.4. The molecule has 0 atom stereocenters. The van der Waals surface area contributed by atoms with Gasteiger partial charge in [-0.1, -0.05) is 6.07 Å². The highest BCUT2D eigenvalue weighted by atomic mass is 19.1. The number of rotatable bonds is 4. The molecule has 0 saturated carbocycles. The van der Waals surface area contributed by atoms with E-state index >= 15 is 0 Å². The van der Waals surface area contributed by atoms with Crippen molar-refractivity contribution in [2.24, 2.45) is 0 Å². The molecule has 25 heavy (non-hydrogen) atoms. The fourth-order valence-corrected chi connectivity index (χ4v) is 2.81. The van der Waals surface area contributed by atoms with Gasteiger partial charge in [0, 0.05) is 53.0 Å². The van der Waals surface area contributed by atoms with Crippen molar-refractivity contribution in [3.05, 3.63) is 29.8 Å². The largest absolute Gasteiger partial charge is 0.339 e. The van der Waals surface area contributed by atoms with Gasteiger partial charge >= 0.3 is 0 Å². The zero-order valence-electron chi connectivity index (χ0n) is 14.3. The molecule has 136 valence electrons. The van der Waals surface area contributed by atoms with Gasteiger partial charge in [-0.05, 0) is 12.1 Å². The van der Waals surface area contributed by atoms with E-state index in [1.165, 1.54) is 19.9 Å². The van der Waals surface area contributed by atoms with Crippen LogP contribution in [0.25, 0.3) is 0 Å². The summed E-state index contributed by atoms with van der Waals surface area (Å²) in [6.45, 7) is 4.30. The van der Waals surface area contributed by atoms with Gasteiger partial charge in [0.25, 0.3) is 0 Å². The van der Waals surface area contributed by atoms with Crippen molar-refractivity contribution in [3.63, 3.8) is 0 Å². The van der Waals surface area contributed by atoms with Crippen molar-refractivity contribution >= 4 is 23.4 Å². The number of anilines is 1. The topological polar surface area (TPSA) is 60.9 Å². The molecule has 1 saturated heterocycles. The molecule has 1 fully saturated rings. The van der Waals surface area contributed by atoms with Crippen LogP contribution in [0, 0.1) is 11.6 Å². The van der Waals surface area contributed by atoms with Crippen LogP contribution in [0.1, 0.15) is 20.3 Å². The van der Waals surface area contributed by atoms with E-state index in [0.29, 0.717) is 26.2 Å². The molecular formula is C17H21F2N3O3. The monoisotopic (exact) mass is 353 g/mol. The minimum Gasteiger partial charge on any atom is -0.339 e. The molecule has 1 aromatic carbocycles. The van der Waals surface area contributed by atoms with E-state index in [9.17, 15) is 23.2 Å². The van der Waals surface area contributed by atoms with E-state index in [2.05, 4.69) is 0 Å². The SMILES string of the molecule is CC(=O)N1CCN(C(=O)CCN(C(C)=O)c2c(F)cccc2F)CC1. The number of nitrogens with zero attached hydrogens (tertiary/aromatic N) is 3. The predicted molar refractivity (Wildman–Crippen MR) is 87.8 cm³/mol. The second-order valence-electron chi connectivity index (χ2n) is 5.88. The third-order valence-corrected chi connectivity index (χ3v) is 4.21. The number of amides is 3. The molecule has 0 aromatic heterocycles. The van der Waals surface area contributed by atoms with Crippen LogP contribution >= 0.6 is 0 Å². The quantitative estimate of drug-likeness (QED) is 0.822. The average molecular weight is 353 g/mol. The van der Waals surface area contributed by atoms with Crippen LogP contribution in [0.5, 0.6) is 0 Å². The standard InChI is InChI=1S/C17H21F2N3O3/c1-12(23)20-8-10-21(11-9-20)16(25)6-7-22(13(2)24)17-14(18)4-3-5-15(17)19/h3-5H,6-11H2,1-2H3. The number of para-hydroxylation sites is 1. The lowest BCUT2D eigenvalue weighted by molar-refractivity contribution is -0.138. The van der Waals surface area contributed by atoms with Crippen molar-refractivity contribution < 1.29 is 23.2 Å². The van der Waals surface area contributed by atoms with Crippen molar-refractivity contribution in [1.82, 2.24) is 9.80 Å². The van der Waals surface area contributed by atoms with E-state index in [0.717, 1.165) is 17.0 Å². The van der Waals surface area contributed by atoms with E-state index in [1.54, 1.807) is 9.80 Å². The van der Waals surface area contributed by atoms with Crippen molar-refractivity contribution in [2.75, 3.05) is 37.6 Å². The van der Waals surface area contributed by atoms with Gasteiger partial charge in [0.05, 0.1) is 0 Å². The fraction of sp³-hybridized carbons (Fsp3) is 0.471. The Hall–Kier alpha value is -2.51. The number of hydrogen-bond acceptors (Lipinski definition) is 3. The zero-order chi connectivity index (χ0) is 18.6. The van der Waals surface area contributed by atoms with E-state index < -0.39 is 23.2 Å². The molecule has 3 amide bonds. The second-order valence-corrected chi connectivity index (χ2v) is 5.88. The summed E-state index contributed by atoms with van der Waals surface area (Å²) < 4.78 is 27.8. The molecule has 8 heteroatoms. The first-order valence-corrected chi connectivity index (χ1v) is 8.06. The molecule has 0 spiro atoms. The molecule has 0 N–H and O–H groups in total. The summed E-state index contributed by atoms with van der Waals surface area (Å²) in [4.78, 5) is 39.6. The summed E-state index contributed by atoms with van der Waals surface area (Å²) in [6.07, 6.45) is -0.0482. The Morgan fingerprint density at radius 3 is 2.00 bits per heavy atom. The van der Waals surface area contributed by atoms with Gasteiger partial charge in [-0.2, -0.15) is 0 Å². The maximum atomic E-state index is 13.9. The van der Waals surface area contributed by atoms with Crippen LogP contribution in [0.4, 0.5) is 14.5 Å². The maximum Gasteiger partial charge on any atom is 0.224 e. The molecule has 1 heterocycles. The number of halogens is 2. The number of hydrogen-bond donors (Lipinski definition) is 0. The van der Waals surface area contributed by atoms with Crippen LogP contribution in [0.3, 0.4) is 0 Å². The lowest BCUT2D eigenvalue weighted by atomic mass is 10.2. The predicted octanol–water partition coefficient (Wildman–Crippen LogP) is 1.40. The van der Waals surface area contributed by atoms with Crippen molar-refractivity contribution in [1.29, 1.82) is 0 Å². The Morgan fingerprint density at radius 1 is 1.00 bits per heavy atom. The molecule has 6 nitrogen and oxygen atoms in total. The number of piperazine rings is 1. The molecule has 0 radical (unpaired) electrons. The fourth-order valence-electron chi connectivity index (χ4n) is 2.81. The minimum absolute atomic E-state index is 0.0371. The highest BCUT2D eigenvalue weighted by Gasteiger charge is 2.25. The van der Waals surface area contributed by atoms with E-state index in [1.807, 2.05) is 0 Å². The minimum atomic E-state index is -0.849. The smallest absolute Gasteiger partial charge is 0.224 e. The molecule has 1 aliphatic heterocycles. The maximum absolute atomic E-state index is 13.9. The summed E-state index contributed by atoms with van der Waals surface area (Å²) in [5.74, 6) is -2.50. The molecule has 0 bridgehead atoms. The van der Waals surface area contributed by atoms with Gasteiger partial charge in [-0.15, -0.1) is 0 Å².